The molecule has 0 bridgehead atoms. The zero-order valence-corrected chi connectivity index (χ0v) is 13.8. The highest BCUT2D eigenvalue weighted by molar-refractivity contribution is 7.14. The Morgan fingerprint density at radius 3 is 3.13 bits per heavy atom. The summed E-state index contributed by atoms with van der Waals surface area (Å²) in [5, 5.41) is 8.05. The van der Waals surface area contributed by atoms with E-state index in [0.717, 1.165) is 12.2 Å². The van der Waals surface area contributed by atoms with Crippen LogP contribution in [0.5, 0.6) is 0 Å². The van der Waals surface area contributed by atoms with Crippen LogP contribution in [0.1, 0.15) is 5.69 Å². The van der Waals surface area contributed by atoms with Crippen LogP contribution in [0.15, 0.2) is 5.38 Å². The normalized spacial score (nSPS) is 25.2. The second-order valence-electron chi connectivity index (χ2n) is 5.74. The number of aromatic nitrogens is 1. The Balaban J connectivity index is 1.63. The number of morpholine rings is 1. The monoisotopic (exact) mass is 340 g/mol. The first-order valence-corrected chi connectivity index (χ1v) is 8.41. The Bertz CT molecular complexity index is 583. The van der Waals surface area contributed by atoms with Gasteiger partial charge in [-0.1, -0.05) is 0 Å². The van der Waals surface area contributed by atoms with Gasteiger partial charge in [-0.25, -0.2) is 4.98 Å². The van der Waals surface area contributed by atoms with E-state index < -0.39 is 17.4 Å². The van der Waals surface area contributed by atoms with Crippen LogP contribution in [0.4, 0.5) is 5.13 Å². The summed E-state index contributed by atoms with van der Waals surface area (Å²) in [6, 6.07) is 0. The highest BCUT2D eigenvalue weighted by Crippen LogP contribution is 2.20. The Morgan fingerprint density at radius 2 is 2.35 bits per heavy atom. The topological polar surface area (TPSA) is 92.8 Å². The van der Waals surface area contributed by atoms with E-state index in [-0.39, 0.29) is 0 Å². The molecule has 2 aliphatic rings. The molecule has 1 atom stereocenters. The van der Waals surface area contributed by atoms with Crippen LogP contribution in [0.2, 0.25) is 0 Å². The van der Waals surface area contributed by atoms with E-state index >= 15 is 0 Å². The molecule has 9 heteroatoms. The lowest BCUT2D eigenvalue weighted by atomic mass is 10.0. The van der Waals surface area contributed by atoms with E-state index in [1.807, 2.05) is 12.3 Å². The summed E-state index contributed by atoms with van der Waals surface area (Å²) in [5.74, 6) is -1.23. The maximum Gasteiger partial charge on any atom is 0.315 e. The molecule has 0 aromatic carbocycles. The van der Waals surface area contributed by atoms with Crippen LogP contribution in [-0.2, 0) is 19.1 Å². The minimum absolute atomic E-state index is 0.336. The molecule has 0 aliphatic carbocycles. The number of hydrogen-bond donors (Lipinski definition) is 2. The molecule has 8 nitrogen and oxygen atoms in total. The number of ether oxygens (including phenoxy) is 2. The van der Waals surface area contributed by atoms with Gasteiger partial charge >= 0.3 is 11.8 Å². The molecule has 1 aromatic rings. The average Bonchev–Trinajstić information content (AvgIpc) is 2.82. The molecule has 2 saturated heterocycles. The number of carbonyl (C=O) groups is 2. The molecule has 126 valence electrons. The molecule has 2 amide bonds. The Hall–Kier alpha value is -1.55. The van der Waals surface area contributed by atoms with Gasteiger partial charge in [0.1, 0.15) is 5.60 Å². The molecule has 2 fully saturated rings. The minimum atomic E-state index is -0.668. The number of carbonyl (C=O) groups excluding carboxylic acids is 2. The van der Waals surface area contributed by atoms with Gasteiger partial charge < -0.3 is 19.7 Å². The molecular weight excluding hydrogens is 320 g/mol. The second-order valence-corrected chi connectivity index (χ2v) is 6.59. The number of nitrogens with zero attached hydrogens (tertiary/aromatic N) is 2. The summed E-state index contributed by atoms with van der Waals surface area (Å²) >= 11 is 1.30. The summed E-state index contributed by atoms with van der Waals surface area (Å²) in [4.78, 5) is 30.2. The van der Waals surface area contributed by atoms with Crippen molar-refractivity contribution in [1.82, 2.24) is 15.2 Å². The zero-order valence-electron chi connectivity index (χ0n) is 13.0. The number of amides is 2. The molecule has 2 N–H and O–H groups in total. The van der Waals surface area contributed by atoms with Gasteiger partial charge in [-0.2, -0.15) is 0 Å². The molecule has 0 saturated carbocycles. The van der Waals surface area contributed by atoms with Crippen molar-refractivity contribution in [2.75, 3.05) is 51.3 Å². The second kappa shape index (κ2) is 6.91. The molecule has 3 heterocycles. The Morgan fingerprint density at radius 1 is 1.48 bits per heavy atom. The van der Waals surface area contributed by atoms with Crippen molar-refractivity contribution in [1.29, 1.82) is 0 Å². The Labute approximate surface area is 138 Å². The number of nitrogens with one attached hydrogen (secondary N) is 2. The number of aryl methyl sites for hydroxylation is 1. The fraction of sp³-hybridized carbons (Fsp3) is 0.643. The average molecular weight is 340 g/mol. The van der Waals surface area contributed by atoms with Gasteiger partial charge in [-0.05, 0) is 6.92 Å². The minimum Gasteiger partial charge on any atom is -0.377 e. The van der Waals surface area contributed by atoms with Crippen molar-refractivity contribution in [3.8, 4) is 0 Å². The predicted octanol–water partition coefficient (Wildman–Crippen LogP) is -0.393. The van der Waals surface area contributed by atoms with Crippen molar-refractivity contribution >= 4 is 28.3 Å². The molecule has 1 aromatic heterocycles. The fourth-order valence-electron chi connectivity index (χ4n) is 2.69. The molecule has 1 spiro atoms. The van der Waals surface area contributed by atoms with Gasteiger partial charge in [0, 0.05) is 25.0 Å². The summed E-state index contributed by atoms with van der Waals surface area (Å²) in [6.07, 6.45) is 0. The number of anilines is 1. The van der Waals surface area contributed by atoms with Crippen molar-refractivity contribution in [3.63, 3.8) is 0 Å². The lowest BCUT2D eigenvalue weighted by Gasteiger charge is -2.41. The van der Waals surface area contributed by atoms with E-state index in [4.69, 9.17) is 9.47 Å². The van der Waals surface area contributed by atoms with Crippen molar-refractivity contribution < 1.29 is 19.1 Å². The standard InChI is InChI=1S/C14H20N4O4S/c1-10-6-23-13(16-10)17-11(19)12(20)18-3-5-22-14(8-18)7-15-2-4-21-9-14/h6,15H,2-5,7-9H2,1H3,(H,16,17,19). The lowest BCUT2D eigenvalue weighted by molar-refractivity contribution is -0.162. The highest BCUT2D eigenvalue weighted by Gasteiger charge is 2.40. The third-order valence-electron chi connectivity index (χ3n) is 3.80. The van der Waals surface area contributed by atoms with Crippen molar-refractivity contribution in [2.24, 2.45) is 0 Å². The van der Waals surface area contributed by atoms with Crippen LogP contribution in [0.3, 0.4) is 0 Å². The van der Waals surface area contributed by atoms with Crippen molar-refractivity contribution in [2.45, 2.75) is 12.5 Å². The fourth-order valence-corrected chi connectivity index (χ4v) is 3.37. The van der Waals surface area contributed by atoms with Gasteiger partial charge in [0.15, 0.2) is 5.13 Å². The number of hydrogen-bond acceptors (Lipinski definition) is 7. The van der Waals surface area contributed by atoms with Gasteiger partial charge in [0.25, 0.3) is 0 Å². The molecule has 0 radical (unpaired) electrons. The largest absolute Gasteiger partial charge is 0.377 e. The number of rotatable bonds is 1. The first-order chi connectivity index (χ1) is 11.1. The summed E-state index contributed by atoms with van der Waals surface area (Å²) < 4.78 is 11.4. The maximum atomic E-state index is 12.4. The van der Waals surface area contributed by atoms with Gasteiger partial charge in [-0.15, -0.1) is 11.3 Å². The third-order valence-corrected chi connectivity index (χ3v) is 4.68. The molecule has 3 rings (SSSR count). The van der Waals surface area contributed by atoms with Crippen molar-refractivity contribution in [3.05, 3.63) is 11.1 Å². The van der Waals surface area contributed by atoms with Crippen LogP contribution in [0.25, 0.3) is 0 Å². The summed E-state index contributed by atoms with van der Waals surface area (Å²) in [7, 11) is 0. The van der Waals surface area contributed by atoms with Gasteiger partial charge in [0.05, 0.1) is 32.1 Å². The van der Waals surface area contributed by atoms with Gasteiger partial charge in [0.2, 0.25) is 0 Å². The van der Waals surface area contributed by atoms with E-state index in [1.165, 1.54) is 16.2 Å². The van der Waals surface area contributed by atoms with Crippen LogP contribution in [-0.4, -0.2) is 73.3 Å². The van der Waals surface area contributed by atoms with Crippen LogP contribution >= 0.6 is 11.3 Å². The van der Waals surface area contributed by atoms with Crippen LogP contribution < -0.4 is 10.6 Å². The molecule has 23 heavy (non-hydrogen) atoms. The first kappa shape index (κ1) is 16.3. The highest BCUT2D eigenvalue weighted by atomic mass is 32.1. The lowest BCUT2D eigenvalue weighted by Crippen LogP contribution is -2.60. The molecule has 1 unspecified atom stereocenters. The van der Waals surface area contributed by atoms with Crippen LogP contribution in [0, 0.1) is 6.92 Å². The SMILES string of the molecule is Cc1csc(NC(=O)C(=O)N2CCOC3(CNCCOC3)C2)n1. The van der Waals surface area contributed by atoms with Gasteiger partial charge in [-0.3, -0.25) is 14.9 Å². The van der Waals surface area contributed by atoms with E-state index in [1.54, 1.807) is 0 Å². The predicted molar refractivity (Wildman–Crippen MR) is 84.4 cm³/mol. The summed E-state index contributed by atoms with van der Waals surface area (Å²) in [6.45, 7) is 5.33. The smallest absolute Gasteiger partial charge is 0.315 e. The van der Waals surface area contributed by atoms with E-state index in [2.05, 4.69) is 15.6 Å². The Kier molecular flexibility index (Phi) is 4.90. The molecular formula is C14H20N4O4S. The molecule has 2 aliphatic heterocycles. The maximum absolute atomic E-state index is 12.4. The first-order valence-electron chi connectivity index (χ1n) is 7.53. The summed E-state index contributed by atoms with van der Waals surface area (Å²) in [5.41, 5.74) is 0.229. The third kappa shape index (κ3) is 3.86. The quantitative estimate of drug-likeness (QED) is 0.676. The zero-order chi connectivity index (χ0) is 16.3. The number of thiazole rings is 1. The van der Waals surface area contributed by atoms with E-state index in [9.17, 15) is 9.59 Å². The van der Waals surface area contributed by atoms with E-state index in [0.29, 0.717) is 44.6 Å².